The Morgan fingerprint density at radius 1 is 1.57 bits per heavy atom. The second-order valence-electron chi connectivity index (χ2n) is 2.58. The molecule has 1 atom stereocenters. The molecule has 0 spiro atoms. The number of halogens is 1. The summed E-state index contributed by atoms with van der Waals surface area (Å²) in [4.78, 5) is 18.8. The Morgan fingerprint density at radius 3 is 2.79 bits per heavy atom. The van der Waals surface area contributed by atoms with Gasteiger partial charge in [0, 0.05) is 12.4 Å². The van der Waals surface area contributed by atoms with Gasteiger partial charge in [-0.15, -0.1) is 0 Å². The van der Waals surface area contributed by atoms with Crippen molar-refractivity contribution in [2.24, 2.45) is 0 Å². The molecule has 1 N–H and O–H groups in total. The largest absolute Gasteiger partial charge is 0.467 e. The van der Waals surface area contributed by atoms with Gasteiger partial charge in [-0.3, -0.25) is 0 Å². The molecule has 1 aromatic rings. The predicted molar refractivity (Wildman–Crippen MR) is 52.1 cm³/mol. The van der Waals surface area contributed by atoms with E-state index in [1.54, 1.807) is 6.92 Å². The number of esters is 1. The predicted octanol–water partition coefficient (Wildman–Crippen LogP) is 1.10. The van der Waals surface area contributed by atoms with Gasteiger partial charge in [-0.1, -0.05) is 11.6 Å². The van der Waals surface area contributed by atoms with Gasteiger partial charge in [-0.25, -0.2) is 14.8 Å². The van der Waals surface area contributed by atoms with Crippen LogP contribution in [0.2, 0.25) is 5.15 Å². The molecular formula is C8H10ClN3O2. The number of methoxy groups -OCH3 is 1. The normalized spacial score (nSPS) is 11.9. The van der Waals surface area contributed by atoms with Crippen LogP contribution < -0.4 is 5.32 Å². The monoisotopic (exact) mass is 215 g/mol. The average Bonchev–Trinajstić information content (AvgIpc) is 2.20. The molecule has 0 aromatic carbocycles. The van der Waals surface area contributed by atoms with Crippen LogP contribution in [0.3, 0.4) is 0 Å². The third-order valence-electron chi connectivity index (χ3n) is 1.56. The third kappa shape index (κ3) is 2.56. The number of ether oxygens (including phenoxy) is 1. The average molecular weight is 216 g/mol. The number of rotatable bonds is 3. The second-order valence-corrected chi connectivity index (χ2v) is 2.94. The molecule has 76 valence electrons. The first kappa shape index (κ1) is 10.7. The summed E-state index contributed by atoms with van der Waals surface area (Å²) in [5.74, 6) is -0.0150. The van der Waals surface area contributed by atoms with Gasteiger partial charge >= 0.3 is 5.97 Å². The van der Waals surface area contributed by atoms with Crippen molar-refractivity contribution in [2.45, 2.75) is 13.0 Å². The highest BCUT2D eigenvalue weighted by molar-refractivity contribution is 6.31. The van der Waals surface area contributed by atoms with Crippen molar-refractivity contribution in [2.75, 3.05) is 12.4 Å². The molecule has 0 radical (unpaired) electrons. The fraction of sp³-hybridized carbons (Fsp3) is 0.375. The highest BCUT2D eigenvalue weighted by atomic mass is 35.5. The van der Waals surface area contributed by atoms with E-state index in [4.69, 9.17) is 11.6 Å². The number of carbonyl (C=O) groups excluding carboxylic acids is 1. The van der Waals surface area contributed by atoms with Gasteiger partial charge in [0.25, 0.3) is 0 Å². The van der Waals surface area contributed by atoms with Crippen molar-refractivity contribution in [3.05, 3.63) is 17.5 Å². The summed E-state index contributed by atoms with van der Waals surface area (Å²) in [5.41, 5.74) is 0. The van der Waals surface area contributed by atoms with Gasteiger partial charge in [0.1, 0.15) is 6.04 Å². The Bertz CT molecular complexity index is 332. The van der Waals surface area contributed by atoms with Crippen LogP contribution in [-0.2, 0) is 9.53 Å². The zero-order valence-electron chi connectivity index (χ0n) is 7.82. The molecule has 14 heavy (non-hydrogen) atoms. The standard InChI is InChI=1S/C8H10ClN3O2/c1-5(8(13)14-2)12-7-6(9)10-3-4-11-7/h3-5H,1-2H3,(H,11,12). The second kappa shape index (κ2) is 4.76. The maximum absolute atomic E-state index is 11.1. The molecule has 0 bridgehead atoms. The Morgan fingerprint density at radius 2 is 2.21 bits per heavy atom. The highest BCUT2D eigenvalue weighted by Crippen LogP contribution is 2.15. The van der Waals surface area contributed by atoms with Gasteiger partial charge in [0.05, 0.1) is 7.11 Å². The van der Waals surface area contributed by atoms with E-state index in [1.165, 1.54) is 19.5 Å². The minimum atomic E-state index is -0.505. The van der Waals surface area contributed by atoms with Gasteiger partial charge in [-0.05, 0) is 6.92 Å². The number of anilines is 1. The van der Waals surface area contributed by atoms with Crippen LogP contribution in [0.1, 0.15) is 6.92 Å². The first-order valence-electron chi connectivity index (χ1n) is 3.96. The lowest BCUT2D eigenvalue weighted by atomic mass is 10.3. The molecular weight excluding hydrogens is 206 g/mol. The molecule has 0 fully saturated rings. The molecule has 5 nitrogen and oxygen atoms in total. The van der Waals surface area contributed by atoms with E-state index in [-0.39, 0.29) is 11.1 Å². The van der Waals surface area contributed by atoms with E-state index in [9.17, 15) is 4.79 Å². The number of hydrogen-bond acceptors (Lipinski definition) is 5. The van der Waals surface area contributed by atoms with Crippen LogP contribution in [0.15, 0.2) is 12.4 Å². The summed E-state index contributed by atoms with van der Waals surface area (Å²) in [6, 6.07) is -0.505. The molecule has 0 aliphatic carbocycles. The van der Waals surface area contributed by atoms with Gasteiger partial charge in [-0.2, -0.15) is 0 Å². The smallest absolute Gasteiger partial charge is 0.328 e. The van der Waals surface area contributed by atoms with Gasteiger partial charge in [0.15, 0.2) is 11.0 Å². The van der Waals surface area contributed by atoms with E-state index in [2.05, 4.69) is 20.0 Å². The summed E-state index contributed by atoms with van der Waals surface area (Å²) in [6.45, 7) is 1.65. The summed E-state index contributed by atoms with van der Waals surface area (Å²) in [5, 5.41) is 3.01. The topological polar surface area (TPSA) is 64.1 Å². The lowest BCUT2D eigenvalue weighted by Gasteiger charge is -2.11. The summed E-state index contributed by atoms with van der Waals surface area (Å²) >= 11 is 5.73. The number of hydrogen-bond donors (Lipinski definition) is 1. The fourth-order valence-corrected chi connectivity index (χ4v) is 1.02. The summed E-state index contributed by atoms with van der Waals surface area (Å²) in [6.07, 6.45) is 2.95. The lowest BCUT2D eigenvalue weighted by Crippen LogP contribution is -2.27. The Labute approximate surface area is 86.5 Å². The van der Waals surface area contributed by atoms with E-state index in [0.29, 0.717) is 5.82 Å². The van der Waals surface area contributed by atoms with Crippen LogP contribution in [0.25, 0.3) is 0 Å². The molecule has 1 rings (SSSR count). The van der Waals surface area contributed by atoms with E-state index in [0.717, 1.165) is 0 Å². The molecule has 6 heteroatoms. The van der Waals surface area contributed by atoms with Gasteiger partial charge in [0.2, 0.25) is 0 Å². The van der Waals surface area contributed by atoms with Crippen LogP contribution in [0.4, 0.5) is 5.82 Å². The van der Waals surface area contributed by atoms with Crippen LogP contribution >= 0.6 is 11.6 Å². The molecule has 0 amide bonds. The van der Waals surface area contributed by atoms with Gasteiger partial charge < -0.3 is 10.1 Å². The van der Waals surface area contributed by atoms with E-state index < -0.39 is 6.04 Å². The quantitative estimate of drug-likeness (QED) is 0.765. The number of aromatic nitrogens is 2. The van der Waals surface area contributed by atoms with Crippen molar-refractivity contribution in [1.29, 1.82) is 0 Å². The van der Waals surface area contributed by atoms with E-state index >= 15 is 0 Å². The first-order valence-corrected chi connectivity index (χ1v) is 4.34. The van der Waals surface area contributed by atoms with Crippen molar-refractivity contribution < 1.29 is 9.53 Å². The number of carbonyl (C=O) groups is 1. The maximum atomic E-state index is 11.1. The summed E-state index contributed by atoms with van der Waals surface area (Å²) in [7, 11) is 1.32. The minimum Gasteiger partial charge on any atom is -0.467 e. The number of nitrogens with one attached hydrogen (secondary N) is 1. The van der Waals surface area contributed by atoms with Crippen LogP contribution in [0.5, 0.6) is 0 Å². The minimum absolute atomic E-state index is 0.225. The molecule has 0 saturated carbocycles. The van der Waals surface area contributed by atoms with Crippen molar-refractivity contribution >= 4 is 23.4 Å². The molecule has 1 unspecified atom stereocenters. The summed E-state index contributed by atoms with van der Waals surface area (Å²) < 4.78 is 4.53. The Hall–Kier alpha value is -1.36. The Balaban J connectivity index is 2.69. The Kier molecular flexibility index (Phi) is 3.64. The first-order chi connectivity index (χ1) is 6.65. The zero-order valence-corrected chi connectivity index (χ0v) is 8.58. The molecule has 0 aliphatic rings. The SMILES string of the molecule is COC(=O)C(C)Nc1nccnc1Cl. The third-order valence-corrected chi connectivity index (χ3v) is 1.84. The van der Waals surface area contributed by atoms with E-state index in [1.807, 2.05) is 0 Å². The lowest BCUT2D eigenvalue weighted by molar-refractivity contribution is -0.141. The zero-order chi connectivity index (χ0) is 10.6. The van der Waals surface area contributed by atoms with Crippen LogP contribution in [-0.4, -0.2) is 29.1 Å². The van der Waals surface area contributed by atoms with Crippen LogP contribution in [0, 0.1) is 0 Å². The molecule has 1 heterocycles. The van der Waals surface area contributed by atoms with Crippen molar-refractivity contribution in [3.8, 4) is 0 Å². The molecule has 0 aliphatic heterocycles. The highest BCUT2D eigenvalue weighted by Gasteiger charge is 2.14. The maximum Gasteiger partial charge on any atom is 0.328 e. The number of nitrogens with zero attached hydrogens (tertiary/aromatic N) is 2. The molecule has 0 saturated heterocycles. The molecule has 1 aromatic heterocycles. The van der Waals surface area contributed by atoms with Crippen molar-refractivity contribution in [1.82, 2.24) is 9.97 Å². The van der Waals surface area contributed by atoms with Crippen molar-refractivity contribution in [3.63, 3.8) is 0 Å². The fourth-order valence-electron chi connectivity index (χ4n) is 0.859.